The van der Waals surface area contributed by atoms with Crippen molar-refractivity contribution in [1.82, 2.24) is 10.1 Å². The van der Waals surface area contributed by atoms with E-state index in [2.05, 4.69) is 21.4 Å². The van der Waals surface area contributed by atoms with Crippen molar-refractivity contribution in [2.24, 2.45) is 0 Å². The first kappa shape index (κ1) is 16.4. The van der Waals surface area contributed by atoms with E-state index in [1.165, 1.54) is 5.56 Å². The summed E-state index contributed by atoms with van der Waals surface area (Å²) in [6.45, 7) is 4.35. The number of aromatic nitrogens is 1. The lowest BCUT2D eigenvalue weighted by Gasteiger charge is -2.32. The molecule has 2 aliphatic rings. The molecule has 6 heteroatoms. The second kappa shape index (κ2) is 7.45. The molecule has 0 radical (unpaired) electrons. The van der Waals surface area contributed by atoms with Crippen molar-refractivity contribution in [3.63, 3.8) is 0 Å². The molecule has 1 aromatic heterocycles. The van der Waals surface area contributed by atoms with Crippen molar-refractivity contribution in [3.8, 4) is 5.75 Å². The van der Waals surface area contributed by atoms with Crippen LogP contribution in [0.4, 0.5) is 5.69 Å². The molecule has 0 atom stereocenters. The number of fused-ring (bicyclic) bond motifs is 1. The van der Waals surface area contributed by atoms with E-state index < -0.39 is 0 Å². The molecule has 4 rings (SSSR count). The Labute approximate surface area is 148 Å². The third-order valence-corrected chi connectivity index (χ3v) is 5.07. The van der Waals surface area contributed by atoms with Crippen LogP contribution >= 0.6 is 0 Å². The van der Waals surface area contributed by atoms with E-state index in [1.807, 2.05) is 18.2 Å². The number of hydrogen-bond donors (Lipinski definition) is 1. The predicted molar refractivity (Wildman–Crippen MR) is 94.8 cm³/mol. The maximum Gasteiger partial charge on any atom is 0.144 e. The minimum Gasteiger partial charge on any atom is -0.497 e. The molecule has 2 aromatic rings. The van der Waals surface area contributed by atoms with Crippen LogP contribution in [0.15, 0.2) is 28.8 Å². The Morgan fingerprint density at radius 2 is 2.20 bits per heavy atom. The van der Waals surface area contributed by atoms with Gasteiger partial charge in [0.15, 0.2) is 0 Å². The molecule has 0 bridgehead atoms. The topological polar surface area (TPSA) is 59.8 Å². The van der Waals surface area contributed by atoms with E-state index in [1.54, 1.807) is 7.11 Å². The van der Waals surface area contributed by atoms with E-state index in [-0.39, 0.29) is 0 Å². The van der Waals surface area contributed by atoms with Gasteiger partial charge in [-0.2, -0.15) is 0 Å². The van der Waals surface area contributed by atoms with Gasteiger partial charge in [0.25, 0.3) is 0 Å². The number of benzene rings is 1. The normalized spacial score (nSPS) is 18.8. The lowest BCUT2D eigenvalue weighted by atomic mass is 10.0. The summed E-state index contributed by atoms with van der Waals surface area (Å²) in [6.07, 6.45) is 3.08. The minimum atomic E-state index is 0.498. The Bertz CT molecular complexity index is 708. The van der Waals surface area contributed by atoms with Crippen LogP contribution in [0, 0.1) is 0 Å². The molecule has 0 aliphatic carbocycles. The predicted octanol–water partition coefficient (Wildman–Crippen LogP) is 2.83. The molecular weight excluding hydrogens is 318 g/mol. The monoisotopic (exact) mass is 343 g/mol. The van der Waals surface area contributed by atoms with Crippen molar-refractivity contribution in [2.45, 2.75) is 38.5 Å². The van der Waals surface area contributed by atoms with Gasteiger partial charge in [-0.15, -0.1) is 0 Å². The van der Waals surface area contributed by atoms with Gasteiger partial charge in [0.2, 0.25) is 0 Å². The van der Waals surface area contributed by atoms with Crippen LogP contribution < -0.4 is 10.1 Å². The third-order valence-electron chi connectivity index (χ3n) is 5.07. The zero-order chi connectivity index (χ0) is 17.1. The summed E-state index contributed by atoms with van der Waals surface area (Å²) in [4.78, 5) is 2.45. The first-order valence-electron chi connectivity index (χ1n) is 8.99. The second-order valence-corrected chi connectivity index (χ2v) is 6.76. The quantitative estimate of drug-likeness (QED) is 0.901. The number of nitrogens with zero attached hydrogens (tertiary/aromatic N) is 2. The van der Waals surface area contributed by atoms with Gasteiger partial charge in [0.1, 0.15) is 17.2 Å². The smallest absolute Gasteiger partial charge is 0.144 e. The molecule has 1 fully saturated rings. The number of likely N-dealkylation sites (tertiary alicyclic amines) is 1. The van der Waals surface area contributed by atoms with Crippen molar-refractivity contribution in [1.29, 1.82) is 0 Å². The van der Waals surface area contributed by atoms with Crippen LogP contribution in [0.25, 0.3) is 0 Å². The van der Waals surface area contributed by atoms with E-state index in [4.69, 9.17) is 14.0 Å². The Morgan fingerprint density at radius 1 is 1.32 bits per heavy atom. The van der Waals surface area contributed by atoms with Crippen LogP contribution in [0.1, 0.15) is 29.9 Å². The largest absolute Gasteiger partial charge is 0.497 e. The molecule has 0 spiro atoms. The molecule has 1 saturated heterocycles. The summed E-state index contributed by atoms with van der Waals surface area (Å²) in [6, 6.07) is 8.63. The maximum absolute atomic E-state index is 5.55. The Morgan fingerprint density at radius 3 is 3.04 bits per heavy atom. The fraction of sp³-hybridized carbons (Fsp3) is 0.526. The standard InChI is InChI=1S/C19H25N3O3/c1-23-16-4-2-3-15(11-16)20-14-5-8-22(9-6-14)12-18-17-13-24-10-7-19(17)25-21-18/h2-4,11,14,20H,5-10,12-13H2,1H3. The minimum absolute atomic E-state index is 0.498. The average Bonchev–Trinajstić information content (AvgIpc) is 3.07. The van der Waals surface area contributed by atoms with Crippen LogP contribution in [0.5, 0.6) is 5.75 Å². The van der Waals surface area contributed by atoms with E-state index in [0.717, 1.165) is 68.4 Å². The SMILES string of the molecule is COc1cccc(NC2CCN(Cc3noc4c3COCC4)CC2)c1. The molecule has 2 aliphatic heterocycles. The first-order valence-corrected chi connectivity index (χ1v) is 8.99. The summed E-state index contributed by atoms with van der Waals surface area (Å²) < 4.78 is 16.3. The van der Waals surface area contributed by atoms with Crippen molar-refractivity contribution < 1.29 is 14.0 Å². The van der Waals surface area contributed by atoms with Gasteiger partial charge in [0.05, 0.1) is 20.3 Å². The van der Waals surface area contributed by atoms with Crippen LogP contribution in [-0.2, 0) is 24.3 Å². The lowest BCUT2D eigenvalue weighted by molar-refractivity contribution is 0.102. The van der Waals surface area contributed by atoms with Gasteiger partial charge < -0.3 is 19.3 Å². The number of piperidine rings is 1. The highest BCUT2D eigenvalue weighted by molar-refractivity contribution is 5.48. The summed E-state index contributed by atoms with van der Waals surface area (Å²) in [7, 11) is 1.70. The maximum atomic E-state index is 5.55. The number of hydrogen-bond acceptors (Lipinski definition) is 6. The van der Waals surface area contributed by atoms with Crippen molar-refractivity contribution in [2.75, 3.05) is 32.1 Å². The van der Waals surface area contributed by atoms with Gasteiger partial charge >= 0.3 is 0 Å². The number of methoxy groups -OCH3 is 1. The third kappa shape index (κ3) is 3.80. The first-order chi connectivity index (χ1) is 12.3. The van der Waals surface area contributed by atoms with Gasteiger partial charge in [0, 0.05) is 49.4 Å². The number of nitrogens with one attached hydrogen (secondary N) is 1. The molecule has 0 unspecified atom stereocenters. The summed E-state index contributed by atoms with van der Waals surface area (Å²) >= 11 is 0. The van der Waals surface area contributed by atoms with Crippen LogP contribution in [0.2, 0.25) is 0 Å². The highest BCUT2D eigenvalue weighted by atomic mass is 16.5. The fourth-order valence-corrected chi connectivity index (χ4v) is 3.60. The highest BCUT2D eigenvalue weighted by Crippen LogP contribution is 2.24. The Hall–Kier alpha value is -2.05. The van der Waals surface area contributed by atoms with Gasteiger partial charge in [-0.1, -0.05) is 11.2 Å². The molecule has 0 saturated carbocycles. The van der Waals surface area contributed by atoms with Crippen molar-refractivity contribution >= 4 is 5.69 Å². The van der Waals surface area contributed by atoms with Crippen molar-refractivity contribution in [3.05, 3.63) is 41.3 Å². The Balaban J connectivity index is 1.30. The van der Waals surface area contributed by atoms with Crippen LogP contribution in [-0.4, -0.2) is 42.9 Å². The second-order valence-electron chi connectivity index (χ2n) is 6.76. The van der Waals surface area contributed by atoms with E-state index in [9.17, 15) is 0 Å². The van der Waals surface area contributed by atoms with E-state index in [0.29, 0.717) is 12.6 Å². The number of anilines is 1. The fourth-order valence-electron chi connectivity index (χ4n) is 3.60. The van der Waals surface area contributed by atoms with Gasteiger partial charge in [-0.05, 0) is 25.0 Å². The zero-order valence-electron chi connectivity index (χ0n) is 14.7. The molecule has 0 amide bonds. The average molecular weight is 343 g/mol. The number of rotatable bonds is 5. The highest BCUT2D eigenvalue weighted by Gasteiger charge is 2.24. The summed E-state index contributed by atoms with van der Waals surface area (Å²) in [5, 5.41) is 7.90. The van der Waals surface area contributed by atoms with Gasteiger partial charge in [-0.3, -0.25) is 4.90 Å². The summed E-state index contributed by atoms with van der Waals surface area (Å²) in [5.74, 6) is 1.90. The molecular formula is C19H25N3O3. The number of ether oxygens (including phenoxy) is 2. The molecule has 1 N–H and O–H groups in total. The molecule has 6 nitrogen and oxygen atoms in total. The molecule has 134 valence electrons. The summed E-state index contributed by atoms with van der Waals surface area (Å²) in [5.41, 5.74) is 3.34. The zero-order valence-corrected chi connectivity index (χ0v) is 14.7. The lowest BCUT2D eigenvalue weighted by Crippen LogP contribution is -2.38. The van der Waals surface area contributed by atoms with Crippen LogP contribution in [0.3, 0.4) is 0 Å². The molecule has 25 heavy (non-hydrogen) atoms. The van der Waals surface area contributed by atoms with E-state index >= 15 is 0 Å². The van der Waals surface area contributed by atoms with Gasteiger partial charge in [-0.25, -0.2) is 0 Å². The molecule has 1 aromatic carbocycles. The molecule has 3 heterocycles. The Kier molecular flexibility index (Phi) is 4.90.